The first-order valence-corrected chi connectivity index (χ1v) is 7.81. The second-order valence-corrected chi connectivity index (χ2v) is 5.52. The Morgan fingerprint density at radius 1 is 1.15 bits per heavy atom. The minimum Gasteiger partial charge on any atom is -0.493 e. The van der Waals surface area contributed by atoms with Gasteiger partial charge in [-0.3, -0.25) is 0 Å². The number of likely N-dealkylation sites (tertiary alicyclic amines) is 1. The zero-order chi connectivity index (χ0) is 14.2. The maximum atomic E-state index is 5.83. The van der Waals surface area contributed by atoms with Crippen LogP contribution in [0.1, 0.15) is 32.6 Å². The van der Waals surface area contributed by atoms with Crippen molar-refractivity contribution in [2.45, 2.75) is 32.6 Å². The lowest BCUT2D eigenvalue weighted by atomic mass is 9.92. The van der Waals surface area contributed by atoms with E-state index in [1.807, 2.05) is 24.3 Å². The molecule has 0 atom stereocenters. The molecule has 1 heterocycles. The van der Waals surface area contributed by atoms with E-state index >= 15 is 0 Å². The van der Waals surface area contributed by atoms with Crippen LogP contribution in [0.5, 0.6) is 11.5 Å². The second-order valence-electron chi connectivity index (χ2n) is 5.52. The lowest BCUT2D eigenvalue weighted by Gasteiger charge is -2.30. The van der Waals surface area contributed by atoms with E-state index in [0.29, 0.717) is 0 Å². The highest BCUT2D eigenvalue weighted by Crippen LogP contribution is 2.26. The lowest BCUT2D eigenvalue weighted by molar-refractivity contribution is 0.178. The van der Waals surface area contributed by atoms with E-state index < -0.39 is 0 Å². The maximum absolute atomic E-state index is 5.83. The summed E-state index contributed by atoms with van der Waals surface area (Å²) in [5.41, 5.74) is 0. The number of benzene rings is 1. The monoisotopic (exact) mass is 277 g/mol. The standard InChI is InChI=1S/C17H27NO2/c1-3-18-12-10-15(11-13-18)7-6-14-20-17-9-5-4-8-16(17)19-2/h4-5,8-9,15H,3,6-7,10-14H2,1-2H3. The molecule has 0 unspecified atom stereocenters. The van der Waals surface area contributed by atoms with Gasteiger partial charge in [0, 0.05) is 0 Å². The van der Waals surface area contributed by atoms with Crippen molar-refractivity contribution < 1.29 is 9.47 Å². The summed E-state index contributed by atoms with van der Waals surface area (Å²) in [5.74, 6) is 2.57. The van der Waals surface area contributed by atoms with Gasteiger partial charge in [0.05, 0.1) is 13.7 Å². The summed E-state index contributed by atoms with van der Waals surface area (Å²) in [6.07, 6.45) is 5.12. The molecule has 0 saturated carbocycles. The van der Waals surface area contributed by atoms with Crippen LogP contribution in [0.4, 0.5) is 0 Å². The van der Waals surface area contributed by atoms with Crippen molar-refractivity contribution in [2.75, 3.05) is 33.4 Å². The minimum absolute atomic E-state index is 0.786. The van der Waals surface area contributed by atoms with Crippen LogP contribution in [0.2, 0.25) is 0 Å². The fraction of sp³-hybridized carbons (Fsp3) is 0.647. The van der Waals surface area contributed by atoms with Gasteiger partial charge in [0.25, 0.3) is 0 Å². The predicted molar refractivity (Wildman–Crippen MR) is 82.6 cm³/mol. The number of methoxy groups -OCH3 is 1. The van der Waals surface area contributed by atoms with E-state index in [1.165, 1.54) is 38.9 Å². The summed E-state index contributed by atoms with van der Waals surface area (Å²) >= 11 is 0. The molecule has 1 aromatic carbocycles. The Balaban J connectivity index is 1.64. The van der Waals surface area contributed by atoms with Crippen molar-refractivity contribution >= 4 is 0 Å². The Bertz CT molecular complexity index is 386. The van der Waals surface area contributed by atoms with Crippen LogP contribution in [0.15, 0.2) is 24.3 Å². The highest BCUT2D eigenvalue weighted by atomic mass is 16.5. The second kappa shape index (κ2) is 8.15. The quantitative estimate of drug-likeness (QED) is 0.711. The maximum Gasteiger partial charge on any atom is 0.161 e. The number of hydrogen-bond donors (Lipinski definition) is 0. The van der Waals surface area contributed by atoms with Crippen LogP contribution in [-0.2, 0) is 0 Å². The number of ether oxygens (including phenoxy) is 2. The number of para-hydroxylation sites is 2. The van der Waals surface area contributed by atoms with Crippen molar-refractivity contribution in [3.8, 4) is 11.5 Å². The molecule has 1 aliphatic heterocycles. The van der Waals surface area contributed by atoms with Crippen LogP contribution in [0.25, 0.3) is 0 Å². The van der Waals surface area contributed by atoms with Crippen molar-refractivity contribution in [2.24, 2.45) is 5.92 Å². The van der Waals surface area contributed by atoms with E-state index in [1.54, 1.807) is 7.11 Å². The van der Waals surface area contributed by atoms with Gasteiger partial charge in [0.15, 0.2) is 11.5 Å². The molecule has 1 aliphatic rings. The van der Waals surface area contributed by atoms with Crippen LogP contribution >= 0.6 is 0 Å². The molecule has 0 radical (unpaired) electrons. The molecular formula is C17H27NO2. The third-order valence-electron chi connectivity index (χ3n) is 4.24. The first-order chi connectivity index (χ1) is 9.83. The summed E-state index contributed by atoms with van der Waals surface area (Å²) < 4.78 is 11.1. The molecule has 3 nitrogen and oxygen atoms in total. The molecule has 0 spiro atoms. The summed E-state index contributed by atoms with van der Waals surface area (Å²) in [5, 5.41) is 0. The van der Waals surface area contributed by atoms with E-state index in [2.05, 4.69) is 11.8 Å². The molecule has 1 aromatic rings. The molecule has 0 aliphatic carbocycles. The van der Waals surface area contributed by atoms with Gasteiger partial charge in [-0.1, -0.05) is 19.1 Å². The summed E-state index contributed by atoms with van der Waals surface area (Å²) in [4.78, 5) is 2.54. The summed E-state index contributed by atoms with van der Waals surface area (Å²) in [7, 11) is 1.68. The highest BCUT2D eigenvalue weighted by molar-refractivity contribution is 5.39. The average Bonchev–Trinajstić information content (AvgIpc) is 2.52. The lowest BCUT2D eigenvalue weighted by Crippen LogP contribution is -2.33. The number of nitrogens with zero attached hydrogens (tertiary/aromatic N) is 1. The van der Waals surface area contributed by atoms with E-state index in [0.717, 1.165) is 30.4 Å². The first kappa shape index (κ1) is 15.2. The van der Waals surface area contributed by atoms with Crippen LogP contribution in [0.3, 0.4) is 0 Å². The average molecular weight is 277 g/mol. The molecule has 2 rings (SSSR count). The van der Waals surface area contributed by atoms with Crippen LogP contribution in [-0.4, -0.2) is 38.3 Å². The van der Waals surface area contributed by atoms with E-state index in [4.69, 9.17) is 9.47 Å². The van der Waals surface area contributed by atoms with Crippen molar-refractivity contribution in [1.29, 1.82) is 0 Å². The van der Waals surface area contributed by atoms with Gasteiger partial charge in [-0.2, -0.15) is 0 Å². The normalized spacial score (nSPS) is 17.1. The van der Waals surface area contributed by atoms with Gasteiger partial charge >= 0.3 is 0 Å². The van der Waals surface area contributed by atoms with Crippen LogP contribution < -0.4 is 9.47 Å². The van der Waals surface area contributed by atoms with Gasteiger partial charge in [-0.15, -0.1) is 0 Å². The Hall–Kier alpha value is -1.22. The number of rotatable bonds is 7. The van der Waals surface area contributed by atoms with E-state index in [-0.39, 0.29) is 0 Å². The Labute approximate surface area is 122 Å². The highest BCUT2D eigenvalue weighted by Gasteiger charge is 2.17. The smallest absolute Gasteiger partial charge is 0.161 e. The van der Waals surface area contributed by atoms with Gasteiger partial charge in [0.2, 0.25) is 0 Å². The molecular weight excluding hydrogens is 250 g/mol. The van der Waals surface area contributed by atoms with Gasteiger partial charge in [-0.25, -0.2) is 0 Å². The molecule has 0 N–H and O–H groups in total. The van der Waals surface area contributed by atoms with Crippen LogP contribution in [0, 0.1) is 5.92 Å². The zero-order valence-electron chi connectivity index (χ0n) is 12.8. The summed E-state index contributed by atoms with van der Waals surface area (Å²) in [6.45, 7) is 6.78. The fourth-order valence-corrected chi connectivity index (χ4v) is 2.88. The fourth-order valence-electron chi connectivity index (χ4n) is 2.88. The SMILES string of the molecule is CCN1CCC(CCCOc2ccccc2OC)CC1. The number of hydrogen-bond acceptors (Lipinski definition) is 3. The number of piperidine rings is 1. The Morgan fingerprint density at radius 2 is 1.85 bits per heavy atom. The third-order valence-corrected chi connectivity index (χ3v) is 4.24. The molecule has 3 heteroatoms. The van der Waals surface area contributed by atoms with Crippen molar-refractivity contribution in [3.63, 3.8) is 0 Å². The molecule has 0 amide bonds. The van der Waals surface area contributed by atoms with Gasteiger partial charge in [0.1, 0.15) is 0 Å². The third kappa shape index (κ3) is 4.41. The topological polar surface area (TPSA) is 21.7 Å². The van der Waals surface area contributed by atoms with Gasteiger partial charge < -0.3 is 14.4 Å². The largest absolute Gasteiger partial charge is 0.493 e. The Kier molecular flexibility index (Phi) is 6.19. The molecule has 0 bridgehead atoms. The molecule has 20 heavy (non-hydrogen) atoms. The Morgan fingerprint density at radius 3 is 2.50 bits per heavy atom. The molecule has 112 valence electrons. The predicted octanol–water partition coefficient (Wildman–Crippen LogP) is 3.59. The minimum atomic E-state index is 0.786. The molecule has 1 saturated heterocycles. The summed E-state index contributed by atoms with van der Waals surface area (Å²) in [6, 6.07) is 7.86. The molecule has 0 aromatic heterocycles. The van der Waals surface area contributed by atoms with Crippen molar-refractivity contribution in [1.82, 2.24) is 4.90 Å². The first-order valence-electron chi connectivity index (χ1n) is 7.81. The van der Waals surface area contributed by atoms with E-state index in [9.17, 15) is 0 Å². The zero-order valence-corrected chi connectivity index (χ0v) is 12.8. The van der Waals surface area contributed by atoms with Gasteiger partial charge in [-0.05, 0) is 63.4 Å². The van der Waals surface area contributed by atoms with Crippen molar-refractivity contribution in [3.05, 3.63) is 24.3 Å². The molecule has 1 fully saturated rings.